The molecule has 1 aliphatic rings. The average molecular weight is 195 g/mol. The van der Waals surface area contributed by atoms with Crippen LogP contribution in [0, 0.1) is 6.92 Å². The fraction of sp³-hybridized carbons (Fsp3) is 0.636. The van der Waals surface area contributed by atoms with Crippen LogP contribution >= 0.6 is 11.3 Å². The first-order valence-corrected chi connectivity index (χ1v) is 5.86. The van der Waals surface area contributed by atoms with Crippen molar-refractivity contribution in [3.63, 3.8) is 0 Å². The molecule has 1 aliphatic heterocycles. The Morgan fingerprint density at radius 3 is 3.00 bits per heavy atom. The zero-order chi connectivity index (χ0) is 9.31. The van der Waals surface area contributed by atoms with Gasteiger partial charge < -0.3 is 5.32 Å². The summed E-state index contributed by atoms with van der Waals surface area (Å²) in [5.74, 6) is 0. The lowest BCUT2D eigenvalue weighted by molar-refractivity contribution is 0.415. The summed E-state index contributed by atoms with van der Waals surface area (Å²) in [6.45, 7) is 5.75. The van der Waals surface area contributed by atoms with Gasteiger partial charge in [-0.05, 0) is 56.7 Å². The molecule has 0 spiro atoms. The summed E-state index contributed by atoms with van der Waals surface area (Å²) in [4.78, 5) is 1.55. The lowest BCUT2D eigenvalue weighted by atomic mass is 9.94. The second-order valence-electron chi connectivity index (χ2n) is 4.29. The topological polar surface area (TPSA) is 12.0 Å². The van der Waals surface area contributed by atoms with E-state index in [-0.39, 0.29) is 0 Å². The summed E-state index contributed by atoms with van der Waals surface area (Å²) < 4.78 is 0. The highest BCUT2D eigenvalue weighted by Crippen LogP contribution is 2.27. The molecule has 1 unspecified atom stereocenters. The summed E-state index contributed by atoms with van der Waals surface area (Å²) >= 11 is 1.89. The maximum Gasteiger partial charge on any atom is 0.0202 e. The molecule has 13 heavy (non-hydrogen) atoms. The SMILES string of the molecule is Cc1ccsc1CC1(C)CCCN1. The molecule has 72 valence electrons. The number of hydrogen-bond acceptors (Lipinski definition) is 2. The highest BCUT2D eigenvalue weighted by Gasteiger charge is 2.28. The van der Waals surface area contributed by atoms with Crippen LogP contribution in [-0.4, -0.2) is 12.1 Å². The van der Waals surface area contributed by atoms with Gasteiger partial charge >= 0.3 is 0 Å². The van der Waals surface area contributed by atoms with E-state index in [9.17, 15) is 0 Å². The third-order valence-corrected chi connectivity index (χ3v) is 4.00. The van der Waals surface area contributed by atoms with Gasteiger partial charge in [-0.25, -0.2) is 0 Å². The van der Waals surface area contributed by atoms with Crippen LogP contribution in [0.25, 0.3) is 0 Å². The molecule has 1 nitrogen and oxygen atoms in total. The Hall–Kier alpha value is -0.340. The molecule has 2 heteroatoms. The smallest absolute Gasteiger partial charge is 0.0202 e. The van der Waals surface area contributed by atoms with E-state index in [2.05, 4.69) is 30.6 Å². The van der Waals surface area contributed by atoms with E-state index in [0.717, 1.165) is 0 Å². The summed E-state index contributed by atoms with van der Waals surface area (Å²) in [6, 6.07) is 2.22. The highest BCUT2D eigenvalue weighted by atomic mass is 32.1. The van der Waals surface area contributed by atoms with Gasteiger partial charge in [0, 0.05) is 10.4 Å². The third kappa shape index (κ3) is 1.94. The van der Waals surface area contributed by atoms with E-state index >= 15 is 0 Å². The van der Waals surface area contributed by atoms with Gasteiger partial charge in [-0.3, -0.25) is 0 Å². The van der Waals surface area contributed by atoms with E-state index in [1.54, 1.807) is 4.88 Å². The van der Waals surface area contributed by atoms with Gasteiger partial charge in [-0.2, -0.15) is 0 Å². The molecular weight excluding hydrogens is 178 g/mol. The number of thiophene rings is 1. The van der Waals surface area contributed by atoms with Crippen molar-refractivity contribution in [2.75, 3.05) is 6.54 Å². The average Bonchev–Trinajstić information content (AvgIpc) is 2.64. The van der Waals surface area contributed by atoms with Crippen LogP contribution in [0.15, 0.2) is 11.4 Å². The van der Waals surface area contributed by atoms with Crippen LogP contribution in [0.4, 0.5) is 0 Å². The summed E-state index contributed by atoms with van der Waals surface area (Å²) in [7, 11) is 0. The van der Waals surface area contributed by atoms with Crippen molar-refractivity contribution in [2.45, 2.75) is 38.6 Å². The van der Waals surface area contributed by atoms with Crippen LogP contribution in [0.5, 0.6) is 0 Å². The monoisotopic (exact) mass is 195 g/mol. The minimum Gasteiger partial charge on any atom is -0.311 e. The van der Waals surface area contributed by atoms with E-state index < -0.39 is 0 Å². The Labute approximate surface area is 84.2 Å². The Kier molecular flexibility index (Phi) is 2.43. The Morgan fingerprint density at radius 1 is 1.62 bits per heavy atom. The van der Waals surface area contributed by atoms with Crippen LogP contribution in [0.2, 0.25) is 0 Å². The normalized spacial score (nSPS) is 28.2. The van der Waals surface area contributed by atoms with Crippen LogP contribution < -0.4 is 5.32 Å². The van der Waals surface area contributed by atoms with Crippen molar-refractivity contribution in [3.05, 3.63) is 21.9 Å². The van der Waals surface area contributed by atoms with Crippen molar-refractivity contribution in [3.8, 4) is 0 Å². The third-order valence-electron chi connectivity index (χ3n) is 2.98. The predicted molar refractivity (Wildman–Crippen MR) is 58.4 cm³/mol. The van der Waals surface area contributed by atoms with E-state index in [1.807, 2.05) is 11.3 Å². The predicted octanol–water partition coefficient (Wildman–Crippen LogP) is 2.74. The largest absolute Gasteiger partial charge is 0.311 e. The highest BCUT2D eigenvalue weighted by molar-refractivity contribution is 7.10. The molecular formula is C11H17NS. The molecule has 2 heterocycles. The molecule has 2 rings (SSSR count). The standard InChI is InChI=1S/C11H17NS/c1-9-4-7-13-10(9)8-11(2)5-3-6-12-11/h4,7,12H,3,5-6,8H2,1-2H3. The summed E-state index contributed by atoms with van der Waals surface area (Å²) in [6.07, 6.45) is 3.86. The summed E-state index contributed by atoms with van der Waals surface area (Å²) in [5, 5.41) is 5.80. The molecule has 0 saturated carbocycles. The van der Waals surface area contributed by atoms with E-state index in [0.29, 0.717) is 5.54 Å². The zero-order valence-electron chi connectivity index (χ0n) is 8.39. The zero-order valence-corrected chi connectivity index (χ0v) is 9.21. The second-order valence-corrected chi connectivity index (χ2v) is 5.30. The molecule has 1 N–H and O–H groups in total. The molecule has 0 amide bonds. The fourth-order valence-corrected chi connectivity index (χ4v) is 3.14. The summed E-state index contributed by atoms with van der Waals surface area (Å²) in [5.41, 5.74) is 1.83. The van der Waals surface area contributed by atoms with Gasteiger partial charge in [-0.15, -0.1) is 11.3 Å². The van der Waals surface area contributed by atoms with Crippen LogP contribution in [-0.2, 0) is 6.42 Å². The van der Waals surface area contributed by atoms with Crippen LogP contribution in [0.3, 0.4) is 0 Å². The van der Waals surface area contributed by atoms with Crippen molar-refractivity contribution >= 4 is 11.3 Å². The second kappa shape index (κ2) is 3.43. The quantitative estimate of drug-likeness (QED) is 0.765. The maximum absolute atomic E-state index is 3.61. The lowest BCUT2D eigenvalue weighted by Gasteiger charge is -2.23. The van der Waals surface area contributed by atoms with Gasteiger partial charge in [-0.1, -0.05) is 0 Å². The van der Waals surface area contributed by atoms with Crippen molar-refractivity contribution in [1.82, 2.24) is 5.32 Å². The van der Waals surface area contributed by atoms with Crippen LogP contribution in [0.1, 0.15) is 30.2 Å². The van der Waals surface area contributed by atoms with Crippen molar-refractivity contribution < 1.29 is 0 Å². The number of aryl methyl sites for hydroxylation is 1. The fourth-order valence-electron chi connectivity index (χ4n) is 2.05. The molecule has 0 aromatic carbocycles. The van der Waals surface area contributed by atoms with Gasteiger partial charge in [0.25, 0.3) is 0 Å². The van der Waals surface area contributed by atoms with E-state index in [4.69, 9.17) is 0 Å². The maximum atomic E-state index is 3.61. The molecule has 1 aromatic heterocycles. The Morgan fingerprint density at radius 2 is 2.46 bits per heavy atom. The molecule has 0 aliphatic carbocycles. The first-order valence-electron chi connectivity index (χ1n) is 4.98. The first kappa shape index (κ1) is 9.22. The number of nitrogens with one attached hydrogen (secondary N) is 1. The van der Waals surface area contributed by atoms with Gasteiger partial charge in [0.2, 0.25) is 0 Å². The van der Waals surface area contributed by atoms with E-state index in [1.165, 1.54) is 31.4 Å². The molecule has 1 atom stereocenters. The molecule has 0 radical (unpaired) electrons. The Bertz CT molecular complexity index is 284. The first-order chi connectivity index (χ1) is 6.20. The number of rotatable bonds is 2. The number of hydrogen-bond donors (Lipinski definition) is 1. The van der Waals surface area contributed by atoms with Gasteiger partial charge in [0.05, 0.1) is 0 Å². The Balaban J connectivity index is 2.09. The van der Waals surface area contributed by atoms with Gasteiger partial charge in [0.1, 0.15) is 0 Å². The molecule has 0 bridgehead atoms. The van der Waals surface area contributed by atoms with Crippen molar-refractivity contribution in [2.24, 2.45) is 0 Å². The minimum atomic E-state index is 0.371. The minimum absolute atomic E-state index is 0.371. The lowest BCUT2D eigenvalue weighted by Crippen LogP contribution is -2.38. The molecule has 1 aromatic rings. The van der Waals surface area contributed by atoms with Gasteiger partial charge in [0.15, 0.2) is 0 Å². The molecule has 1 saturated heterocycles. The molecule has 1 fully saturated rings. The van der Waals surface area contributed by atoms with Crippen molar-refractivity contribution in [1.29, 1.82) is 0 Å².